The lowest BCUT2D eigenvalue weighted by Gasteiger charge is -2.00. The van der Waals surface area contributed by atoms with Gasteiger partial charge in [0.15, 0.2) is 0 Å². The van der Waals surface area contributed by atoms with E-state index in [1.165, 1.54) is 0 Å². The molecular formula is CH3NO3S2. The molecule has 0 saturated heterocycles. The second-order valence-electron chi connectivity index (χ2n) is 0.637. The fourth-order valence-electron chi connectivity index (χ4n) is 0.0349. The van der Waals surface area contributed by atoms with Gasteiger partial charge in [-0.1, -0.05) is 0 Å². The van der Waals surface area contributed by atoms with Crippen molar-refractivity contribution in [2.45, 2.75) is 0 Å². The highest BCUT2D eigenvalue weighted by Gasteiger charge is 2.03. The minimum atomic E-state index is -1.30. The zero-order valence-electron chi connectivity index (χ0n) is 3.11. The Labute approximate surface area is 50.0 Å². The Hall–Kier alpha value is -0.0700. The largest absolute Gasteiger partial charge is 0.464 e. The molecule has 0 radical (unpaired) electrons. The Bertz CT molecular complexity index is 75.3. The van der Waals surface area contributed by atoms with Crippen LogP contribution in [0, 0.1) is 0 Å². The number of carbonyl (C=O) groups is 1. The third kappa shape index (κ3) is 2.60. The summed E-state index contributed by atoms with van der Waals surface area (Å²) < 4.78 is 8.27. The lowest BCUT2D eigenvalue weighted by molar-refractivity contribution is 0.190. The van der Waals surface area contributed by atoms with Gasteiger partial charge in [0.25, 0.3) is 0 Å². The standard InChI is InChI=1S/CH3NO3S2/c3-1(4)2(6)7-5/h5-6H,(H,3,4). The monoisotopic (exact) mass is 141 g/mol. The van der Waals surface area contributed by atoms with E-state index in [9.17, 15) is 4.79 Å². The third-order valence-corrected chi connectivity index (χ3v) is 0.942. The van der Waals surface area contributed by atoms with Crippen LogP contribution in [-0.2, 0) is 0 Å². The van der Waals surface area contributed by atoms with Crippen molar-refractivity contribution in [2.24, 2.45) is 0 Å². The first-order chi connectivity index (χ1) is 3.18. The van der Waals surface area contributed by atoms with E-state index in [-0.39, 0.29) is 12.2 Å². The summed E-state index contributed by atoms with van der Waals surface area (Å²) >= 11 is 3.30. The van der Waals surface area contributed by atoms with Crippen molar-refractivity contribution in [3.63, 3.8) is 0 Å². The van der Waals surface area contributed by atoms with Gasteiger partial charge in [-0.3, -0.25) is 0 Å². The maximum atomic E-state index is 9.60. The van der Waals surface area contributed by atoms with Crippen molar-refractivity contribution < 1.29 is 14.5 Å². The lowest BCUT2D eigenvalue weighted by Crippen LogP contribution is -2.09. The predicted molar refractivity (Wildman–Crippen MR) is 29.1 cm³/mol. The van der Waals surface area contributed by atoms with Crippen LogP contribution in [0.1, 0.15) is 0 Å². The number of hydrogen-bond acceptors (Lipinski definition) is 4. The van der Waals surface area contributed by atoms with Crippen LogP contribution in [0.15, 0.2) is 0 Å². The van der Waals surface area contributed by atoms with Gasteiger partial charge in [-0.15, -0.1) is 0 Å². The van der Waals surface area contributed by atoms with Crippen LogP contribution in [0.2, 0.25) is 0 Å². The molecule has 0 saturated carbocycles. The number of rotatable bonds is 1. The summed E-state index contributed by atoms with van der Waals surface area (Å²) in [4.78, 5) is 9.60. The lowest BCUT2D eigenvalue weighted by atomic mass is 11.3. The molecule has 0 aromatic rings. The maximum absolute atomic E-state index is 9.60. The SMILES string of the molecule is O=C(O)N(S)SO. The number of carboxylic acid groups (broad SMARTS) is 1. The Kier molecular flexibility index (Phi) is 2.97. The van der Waals surface area contributed by atoms with Gasteiger partial charge in [0.2, 0.25) is 0 Å². The van der Waals surface area contributed by atoms with Gasteiger partial charge in [0.1, 0.15) is 12.2 Å². The summed E-state index contributed by atoms with van der Waals surface area (Å²) in [7, 11) is 0. The number of nitrogens with zero attached hydrogens (tertiary/aromatic N) is 1. The molecular weight excluding hydrogens is 138 g/mol. The molecule has 0 heterocycles. The van der Waals surface area contributed by atoms with Crippen molar-refractivity contribution in [3.05, 3.63) is 0 Å². The Morgan fingerprint density at radius 2 is 2.29 bits per heavy atom. The normalized spacial score (nSPS) is 8.29. The second-order valence-corrected chi connectivity index (χ2v) is 1.84. The van der Waals surface area contributed by atoms with Gasteiger partial charge < -0.3 is 9.66 Å². The van der Waals surface area contributed by atoms with Crippen LogP contribution in [0.5, 0.6) is 0 Å². The highest BCUT2D eigenvalue weighted by atomic mass is 32.2. The first-order valence-corrected chi connectivity index (χ1v) is 2.35. The zero-order chi connectivity index (χ0) is 5.86. The average molecular weight is 141 g/mol. The molecule has 0 atom stereocenters. The van der Waals surface area contributed by atoms with E-state index in [0.29, 0.717) is 3.71 Å². The van der Waals surface area contributed by atoms with E-state index in [4.69, 9.17) is 9.66 Å². The molecule has 0 bridgehead atoms. The van der Waals surface area contributed by atoms with Crippen LogP contribution in [0.4, 0.5) is 4.79 Å². The molecule has 6 heteroatoms. The first-order valence-electron chi connectivity index (χ1n) is 1.22. The summed E-state index contributed by atoms with van der Waals surface area (Å²) in [6.07, 6.45) is -1.30. The number of amides is 1. The Morgan fingerprint density at radius 3 is 2.29 bits per heavy atom. The molecule has 0 fully saturated rings. The van der Waals surface area contributed by atoms with Crippen LogP contribution < -0.4 is 0 Å². The van der Waals surface area contributed by atoms with E-state index in [0.717, 1.165) is 0 Å². The molecule has 1 amide bonds. The topological polar surface area (TPSA) is 60.8 Å². The van der Waals surface area contributed by atoms with E-state index in [2.05, 4.69) is 12.8 Å². The highest BCUT2D eigenvalue weighted by Crippen LogP contribution is 2.05. The summed E-state index contributed by atoms with van der Waals surface area (Å²) in [5.74, 6) is 0. The molecule has 2 N–H and O–H groups in total. The predicted octanol–water partition coefficient (Wildman–Crippen LogP) is 0.932. The minimum Gasteiger partial charge on any atom is -0.464 e. The van der Waals surface area contributed by atoms with Gasteiger partial charge >= 0.3 is 6.09 Å². The van der Waals surface area contributed by atoms with Crippen molar-refractivity contribution in [3.8, 4) is 0 Å². The molecule has 0 aromatic heterocycles. The number of hydrogen-bond donors (Lipinski definition) is 3. The van der Waals surface area contributed by atoms with E-state index in [1.54, 1.807) is 0 Å². The summed E-state index contributed by atoms with van der Waals surface area (Å²) in [5, 5.41) is 7.85. The van der Waals surface area contributed by atoms with Crippen LogP contribution in [0.25, 0.3) is 0 Å². The quantitative estimate of drug-likeness (QED) is 0.289. The number of thiol groups is 1. The van der Waals surface area contributed by atoms with E-state index >= 15 is 0 Å². The Morgan fingerprint density at radius 1 is 1.86 bits per heavy atom. The average Bonchev–Trinajstić information content (AvgIpc) is 1.65. The molecule has 42 valence electrons. The van der Waals surface area contributed by atoms with Gasteiger partial charge in [0.05, 0.1) is 0 Å². The Balaban J connectivity index is 3.34. The van der Waals surface area contributed by atoms with Crippen LogP contribution in [0.3, 0.4) is 0 Å². The zero-order valence-corrected chi connectivity index (χ0v) is 4.82. The fourth-order valence-corrected chi connectivity index (χ4v) is 0.105. The van der Waals surface area contributed by atoms with Gasteiger partial charge in [-0.05, 0) is 12.8 Å². The fraction of sp³-hybridized carbons (Fsp3) is 0. The molecule has 7 heavy (non-hydrogen) atoms. The molecule has 0 aliphatic carbocycles. The molecule has 0 rings (SSSR count). The second kappa shape index (κ2) is 3.00. The highest BCUT2D eigenvalue weighted by molar-refractivity contribution is 8.02. The van der Waals surface area contributed by atoms with Crippen LogP contribution in [-0.4, -0.2) is 19.5 Å². The van der Waals surface area contributed by atoms with E-state index < -0.39 is 6.09 Å². The van der Waals surface area contributed by atoms with E-state index in [1.807, 2.05) is 0 Å². The summed E-state index contributed by atoms with van der Waals surface area (Å²) in [5.41, 5.74) is 0. The van der Waals surface area contributed by atoms with Gasteiger partial charge in [-0.25, -0.2) is 4.79 Å². The molecule has 0 spiro atoms. The maximum Gasteiger partial charge on any atom is 0.429 e. The molecule has 0 aromatic carbocycles. The molecule has 4 nitrogen and oxygen atoms in total. The molecule has 0 unspecified atom stereocenters. The minimum absolute atomic E-state index is 0.0309. The first kappa shape index (κ1) is 6.93. The molecule has 0 aliphatic rings. The summed E-state index contributed by atoms with van der Waals surface area (Å²) in [6, 6.07) is 0. The van der Waals surface area contributed by atoms with Gasteiger partial charge in [-0.2, -0.15) is 3.71 Å². The summed E-state index contributed by atoms with van der Waals surface area (Å²) in [6.45, 7) is 0. The van der Waals surface area contributed by atoms with Crippen molar-refractivity contribution in [1.29, 1.82) is 0 Å². The third-order valence-electron chi connectivity index (χ3n) is 0.241. The van der Waals surface area contributed by atoms with Crippen molar-refractivity contribution in [1.82, 2.24) is 3.71 Å². The van der Waals surface area contributed by atoms with Gasteiger partial charge in [0, 0.05) is 0 Å². The van der Waals surface area contributed by atoms with Crippen LogP contribution >= 0.6 is 25.0 Å². The smallest absolute Gasteiger partial charge is 0.429 e. The van der Waals surface area contributed by atoms with Crippen molar-refractivity contribution >= 4 is 31.1 Å². The molecule has 0 aliphatic heterocycles. The van der Waals surface area contributed by atoms with Crippen molar-refractivity contribution in [2.75, 3.05) is 0 Å².